The largest absolute Gasteiger partial charge is 0.276 e. The summed E-state index contributed by atoms with van der Waals surface area (Å²) >= 11 is 5.91. The van der Waals surface area contributed by atoms with E-state index in [0.717, 1.165) is 11.6 Å². The van der Waals surface area contributed by atoms with E-state index in [9.17, 15) is 12.8 Å². The van der Waals surface area contributed by atoms with Crippen LogP contribution < -0.4 is 4.83 Å². The van der Waals surface area contributed by atoms with E-state index >= 15 is 0 Å². The molecule has 0 aromatic heterocycles. The van der Waals surface area contributed by atoms with E-state index in [-0.39, 0.29) is 9.92 Å². The Morgan fingerprint density at radius 2 is 1.82 bits per heavy atom. The molecule has 2 aromatic rings. The summed E-state index contributed by atoms with van der Waals surface area (Å²) in [4.78, 5) is 2.25. The molecule has 0 amide bonds. The van der Waals surface area contributed by atoms with E-state index in [2.05, 4.69) is 9.93 Å². The van der Waals surface area contributed by atoms with Gasteiger partial charge in [0.15, 0.2) is 0 Å². The minimum Gasteiger partial charge on any atom is -0.207 e. The molecule has 7 heteroatoms. The lowest BCUT2D eigenvalue weighted by Gasteiger charge is -2.07. The summed E-state index contributed by atoms with van der Waals surface area (Å²) < 4.78 is 37.2. The van der Waals surface area contributed by atoms with Crippen LogP contribution in [-0.2, 0) is 10.0 Å². The number of rotatable bonds is 4. The van der Waals surface area contributed by atoms with Gasteiger partial charge < -0.3 is 0 Å². The summed E-state index contributed by atoms with van der Waals surface area (Å²) in [6.07, 6.45) is 0. The van der Waals surface area contributed by atoms with Crippen LogP contribution >= 0.6 is 11.6 Å². The molecule has 1 N–H and O–H groups in total. The summed E-state index contributed by atoms with van der Waals surface area (Å²) in [5.41, 5.74) is 1.74. The monoisotopic (exact) mass is 340 g/mol. The van der Waals surface area contributed by atoms with E-state index in [1.807, 2.05) is 6.92 Å². The zero-order chi connectivity index (χ0) is 16.3. The highest BCUT2D eigenvalue weighted by atomic mass is 35.5. The van der Waals surface area contributed by atoms with E-state index < -0.39 is 15.8 Å². The Bertz CT molecular complexity index is 818. The van der Waals surface area contributed by atoms with Crippen LogP contribution in [0.1, 0.15) is 18.1 Å². The van der Waals surface area contributed by atoms with Gasteiger partial charge in [-0.2, -0.15) is 18.4 Å². The predicted molar refractivity (Wildman–Crippen MR) is 85.1 cm³/mol. The van der Waals surface area contributed by atoms with Gasteiger partial charge in [0, 0.05) is 5.56 Å². The lowest BCUT2D eigenvalue weighted by Crippen LogP contribution is -2.20. The number of nitrogens with one attached hydrogen (secondary N) is 1. The first-order chi connectivity index (χ1) is 10.3. The molecule has 116 valence electrons. The number of benzene rings is 2. The first-order valence-electron chi connectivity index (χ1n) is 6.38. The zero-order valence-corrected chi connectivity index (χ0v) is 13.5. The van der Waals surface area contributed by atoms with Gasteiger partial charge in [-0.05, 0) is 44.2 Å². The quantitative estimate of drug-likeness (QED) is 0.684. The van der Waals surface area contributed by atoms with Crippen LogP contribution in [0.5, 0.6) is 0 Å². The van der Waals surface area contributed by atoms with Crippen LogP contribution in [0.3, 0.4) is 0 Å². The smallest absolute Gasteiger partial charge is 0.207 e. The molecule has 0 aliphatic rings. The fraction of sp³-hybridized carbons (Fsp3) is 0.133. The first kappa shape index (κ1) is 16.5. The number of halogens is 2. The highest BCUT2D eigenvalue weighted by Gasteiger charge is 2.13. The van der Waals surface area contributed by atoms with Crippen molar-refractivity contribution in [2.45, 2.75) is 18.7 Å². The van der Waals surface area contributed by atoms with Crippen molar-refractivity contribution in [2.75, 3.05) is 0 Å². The first-order valence-corrected chi connectivity index (χ1v) is 8.24. The van der Waals surface area contributed by atoms with Gasteiger partial charge in [-0.15, -0.1) is 0 Å². The molecule has 0 unspecified atom stereocenters. The molecule has 4 nitrogen and oxygen atoms in total. The van der Waals surface area contributed by atoms with Crippen LogP contribution in [0.25, 0.3) is 0 Å². The Morgan fingerprint density at radius 1 is 1.18 bits per heavy atom. The standard InChI is InChI=1S/C15H14ClFN2O2S/c1-10-3-6-13(7-4-10)22(20,21)19-18-11(2)14-8-5-12(17)9-15(14)16/h3-9,19H,1-2H3/b18-11-. The molecule has 0 spiro atoms. The fourth-order valence-electron chi connectivity index (χ4n) is 1.74. The van der Waals surface area contributed by atoms with Crippen LogP contribution in [0.15, 0.2) is 52.5 Å². The summed E-state index contributed by atoms with van der Waals surface area (Å²) in [7, 11) is -3.76. The second kappa shape index (κ2) is 6.46. The molecule has 0 heterocycles. The normalized spacial score (nSPS) is 12.3. The van der Waals surface area contributed by atoms with Gasteiger partial charge in [-0.1, -0.05) is 29.3 Å². The Morgan fingerprint density at radius 3 is 2.41 bits per heavy atom. The number of aryl methyl sites for hydroxylation is 1. The second-order valence-corrected chi connectivity index (χ2v) is 6.80. The van der Waals surface area contributed by atoms with E-state index in [0.29, 0.717) is 11.3 Å². The molecule has 0 aliphatic heterocycles. The zero-order valence-electron chi connectivity index (χ0n) is 12.0. The predicted octanol–water partition coefficient (Wildman–Crippen LogP) is 3.49. The van der Waals surface area contributed by atoms with Crippen LogP contribution in [0, 0.1) is 12.7 Å². The average molecular weight is 341 g/mol. The highest BCUT2D eigenvalue weighted by molar-refractivity contribution is 7.89. The number of hydrogen-bond donors (Lipinski definition) is 1. The Balaban J connectivity index is 2.24. The maximum atomic E-state index is 13.0. The Labute approximate surface area is 133 Å². The van der Waals surface area contributed by atoms with Gasteiger partial charge in [0.1, 0.15) is 5.82 Å². The van der Waals surface area contributed by atoms with E-state index in [1.165, 1.54) is 24.3 Å². The molecule has 2 aromatic carbocycles. The van der Waals surface area contributed by atoms with Crippen LogP contribution in [0.2, 0.25) is 5.02 Å². The van der Waals surface area contributed by atoms with Crippen molar-refractivity contribution in [3.63, 3.8) is 0 Å². The van der Waals surface area contributed by atoms with Crippen LogP contribution in [-0.4, -0.2) is 14.1 Å². The van der Waals surface area contributed by atoms with E-state index in [1.54, 1.807) is 19.1 Å². The number of hydrazone groups is 1. The van der Waals surface area contributed by atoms with Gasteiger partial charge in [0.05, 0.1) is 15.6 Å². The van der Waals surface area contributed by atoms with Crippen LogP contribution in [0.4, 0.5) is 4.39 Å². The van der Waals surface area contributed by atoms with Gasteiger partial charge in [0.2, 0.25) is 0 Å². The summed E-state index contributed by atoms with van der Waals surface area (Å²) in [6, 6.07) is 10.2. The minimum atomic E-state index is -3.76. The minimum absolute atomic E-state index is 0.111. The second-order valence-electron chi connectivity index (χ2n) is 4.73. The van der Waals surface area contributed by atoms with Crippen molar-refractivity contribution in [1.82, 2.24) is 4.83 Å². The third kappa shape index (κ3) is 3.84. The lowest BCUT2D eigenvalue weighted by atomic mass is 10.1. The van der Waals surface area contributed by atoms with Gasteiger partial charge in [-0.3, -0.25) is 0 Å². The van der Waals surface area contributed by atoms with Gasteiger partial charge in [0.25, 0.3) is 10.0 Å². The molecule has 0 atom stereocenters. The molecule has 0 fully saturated rings. The summed E-state index contributed by atoms with van der Waals surface area (Å²) in [6.45, 7) is 3.44. The third-order valence-corrected chi connectivity index (χ3v) is 4.52. The molecule has 0 bridgehead atoms. The molecular formula is C15H14ClFN2O2S. The average Bonchev–Trinajstić information content (AvgIpc) is 2.45. The molecule has 0 radical (unpaired) electrons. The van der Waals surface area contributed by atoms with Crippen molar-refractivity contribution in [1.29, 1.82) is 0 Å². The molecule has 0 aliphatic carbocycles. The fourth-order valence-corrected chi connectivity index (χ4v) is 2.90. The molecule has 0 saturated heterocycles. The Kier molecular flexibility index (Phi) is 4.83. The Hall–Kier alpha value is -1.92. The number of nitrogens with zero attached hydrogens (tertiary/aromatic N) is 1. The van der Waals surface area contributed by atoms with Gasteiger partial charge in [-0.25, -0.2) is 4.39 Å². The molecular weight excluding hydrogens is 327 g/mol. The maximum absolute atomic E-state index is 13.0. The molecule has 2 rings (SSSR count). The SMILES string of the molecule is C/C(=N/NS(=O)(=O)c1ccc(C)cc1)c1ccc(F)cc1Cl. The van der Waals surface area contributed by atoms with Crippen molar-refractivity contribution in [3.8, 4) is 0 Å². The summed E-state index contributed by atoms with van der Waals surface area (Å²) in [5, 5.41) is 3.99. The molecule has 0 saturated carbocycles. The topological polar surface area (TPSA) is 58.5 Å². The van der Waals surface area contributed by atoms with Crippen molar-refractivity contribution >= 4 is 27.3 Å². The highest BCUT2D eigenvalue weighted by Crippen LogP contribution is 2.18. The molecule has 22 heavy (non-hydrogen) atoms. The number of hydrogen-bond acceptors (Lipinski definition) is 3. The maximum Gasteiger partial charge on any atom is 0.276 e. The van der Waals surface area contributed by atoms with Crippen molar-refractivity contribution in [3.05, 3.63) is 64.4 Å². The lowest BCUT2D eigenvalue weighted by molar-refractivity contribution is 0.584. The third-order valence-electron chi connectivity index (χ3n) is 2.99. The van der Waals surface area contributed by atoms with Crippen molar-refractivity contribution in [2.24, 2.45) is 5.10 Å². The van der Waals surface area contributed by atoms with Gasteiger partial charge >= 0.3 is 0 Å². The summed E-state index contributed by atoms with van der Waals surface area (Å²) in [5.74, 6) is -0.471. The van der Waals surface area contributed by atoms with E-state index in [4.69, 9.17) is 11.6 Å². The van der Waals surface area contributed by atoms with Crippen molar-refractivity contribution < 1.29 is 12.8 Å². The number of sulfonamides is 1.